The first kappa shape index (κ1) is 64.3. The van der Waals surface area contributed by atoms with Crippen molar-refractivity contribution in [1.29, 1.82) is 0 Å². The lowest BCUT2D eigenvalue weighted by atomic mass is 10.0. The van der Waals surface area contributed by atoms with Crippen molar-refractivity contribution in [3.63, 3.8) is 0 Å². The standard InChI is InChI=1S/C60H42N2Si.C43H27N3/c1-5-19-43(20-6-1)44-21-17-22-47(39-44)61-57-33-15-13-31-53(57)55-40-45(35-37-59(55)61)46-36-38-60-56(41-46)54-32-14-16-34-58(54)62(60)48-23-18-30-52(42-48)63(49-24-7-2-8-25-49,50-26-9-3-10-27-50)51-28-11-4-12-29-51;1-44-33-14-10-16-35(28-33)46-41-20-8-6-18-37(41)39-27-32(22-24-43(39)46)31-21-23-42-38(26-31)36-17-5-7-19-40(36)45(42)34-15-9-13-30(25-34)29-11-3-2-4-12-29/h1-42H;2-28H. The van der Waals surface area contributed by atoms with Crippen LogP contribution in [0.4, 0.5) is 5.69 Å². The van der Waals surface area contributed by atoms with E-state index in [4.69, 9.17) is 6.57 Å². The molecule has 0 aliphatic rings. The van der Waals surface area contributed by atoms with Crippen LogP contribution < -0.4 is 20.7 Å². The number of aromatic nitrogens is 4. The van der Waals surface area contributed by atoms with E-state index in [1.807, 2.05) is 18.2 Å². The summed E-state index contributed by atoms with van der Waals surface area (Å²) in [6.07, 6.45) is 0. The number of para-hydroxylation sites is 4. The number of nitrogens with zero attached hydrogens (tertiary/aromatic N) is 5. The van der Waals surface area contributed by atoms with Gasteiger partial charge in [-0.1, -0.05) is 297 Å². The zero-order chi connectivity index (χ0) is 72.4. The first-order valence-corrected chi connectivity index (χ1v) is 39.2. The van der Waals surface area contributed by atoms with Gasteiger partial charge in [-0.25, -0.2) is 4.85 Å². The lowest BCUT2D eigenvalue weighted by Crippen LogP contribution is -2.74. The molecule has 21 rings (SSSR count). The average molecular weight is 1400 g/mol. The Hall–Kier alpha value is -14.4. The lowest BCUT2D eigenvalue weighted by molar-refractivity contribution is 1.18. The Bertz CT molecular complexity index is 7010. The van der Waals surface area contributed by atoms with Gasteiger partial charge in [-0.05, 0) is 187 Å². The fraction of sp³-hybridized carbons (Fsp3) is 0. The molecule has 109 heavy (non-hydrogen) atoms. The summed E-state index contributed by atoms with van der Waals surface area (Å²) in [4.78, 5) is 3.68. The van der Waals surface area contributed by atoms with E-state index in [1.165, 1.54) is 141 Å². The van der Waals surface area contributed by atoms with Crippen LogP contribution >= 0.6 is 0 Å². The predicted molar refractivity (Wildman–Crippen MR) is 462 cm³/mol. The van der Waals surface area contributed by atoms with Crippen molar-refractivity contribution in [2.75, 3.05) is 0 Å². The van der Waals surface area contributed by atoms with Crippen LogP contribution in [0.1, 0.15) is 0 Å². The van der Waals surface area contributed by atoms with Gasteiger partial charge in [0.05, 0.1) is 50.7 Å². The highest BCUT2D eigenvalue weighted by molar-refractivity contribution is 7.20. The number of benzene rings is 17. The van der Waals surface area contributed by atoms with Crippen LogP contribution in [0.5, 0.6) is 0 Å². The van der Waals surface area contributed by atoms with Crippen molar-refractivity contribution >= 4 is 122 Å². The molecule has 0 aliphatic heterocycles. The number of fused-ring (bicyclic) bond motifs is 12. The van der Waals surface area contributed by atoms with Crippen molar-refractivity contribution in [2.45, 2.75) is 0 Å². The minimum Gasteiger partial charge on any atom is -0.311 e. The van der Waals surface area contributed by atoms with Crippen LogP contribution in [0.25, 0.3) is 159 Å². The van der Waals surface area contributed by atoms with E-state index in [0.717, 1.165) is 33.8 Å². The smallest absolute Gasteiger partial charge is 0.189 e. The van der Waals surface area contributed by atoms with Crippen molar-refractivity contribution in [3.8, 4) is 67.3 Å². The third-order valence-corrected chi connectivity index (χ3v) is 26.9. The van der Waals surface area contributed by atoms with Crippen molar-refractivity contribution in [2.24, 2.45) is 0 Å². The van der Waals surface area contributed by atoms with Crippen LogP contribution in [0.15, 0.2) is 419 Å². The van der Waals surface area contributed by atoms with E-state index < -0.39 is 8.07 Å². The molecule has 510 valence electrons. The summed E-state index contributed by atoms with van der Waals surface area (Å²) in [5.41, 5.74) is 24.1. The molecule has 0 atom stereocenters. The maximum atomic E-state index is 7.53. The number of hydrogen-bond donors (Lipinski definition) is 0. The first-order chi connectivity index (χ1) is 54.0. The van der Waals surface area contributed by atoms with Crippen LogP contribution in [0, 0.1) is 6.57 Å². The second kappa shape index (κ2) is 27.0. The maximum Gasteiger partial charge on any atom is 0.189 e. The molecule has 0 amide bonds. The summed E-state index contributed by atoms with van der Waals surface area (Å²) in [6, 6.07) is 152. The molecular weight excluding hydrogens is 1340 g/mol. The predicted octanol–water partition coefficient (Wildman–Crippen LogP) is 24.4. The zero-order valence-corrected chi connectivity index (χ0v) is 60.6. The lowest BCUT2D eigenvalue weighted by Gasteiger charge is -2.34. The van der Waals surface area contributed by atoms with Gasteiger partial charge in [0.25, 0.3) is 0 Å². The van der Waals surface area contributed by atoms with Crippen LogP contribution in [0.2, 0.25) is 0 Å². The van der Waals surface area contributed by atoms with Gasteiger partial charge in [-0.15, -0.1) is 0 Å². The molecule has 5 nitrogen and oxygen atoms in total. The summed E-state index contributed by atoms with van der Waals surface area (Å²) < 4.78 is 9.54. The van der Waals surface area contributed by atoms with Gasteiger partial charge >= 0.3 is 0 Å². The Morgan fingerprint density at radius 2 is 0.422 bits per heavy atom. The fourth-order valence-corrected chi connectivity index (χ4v) is 22.1. The number of hydrogen-bond acceptors (Lipinski definition) is 0. The molecule has 0 fully saturated rings. The summed E-state index contributed by atoms with van der Waals surface area (Å²) in [6.45, 7) is 7.53. The van der Waals surface area contributed by atoms with Crippen LogP contribution in [-0.4, -0.2) is 26.3 Å². The van der Waals surface area contributed by atoms with E-state index in [9.17, 15) is 0 Å². The van der Waals surface area contributed by atoms with Gasteiger partial charge < -0.3 is 18.3 Å². The summed E-state index contributed by atoms with van der Waals surface area (Å²) in [5, 5.41) is 15.3. The highest BCUT2D eigenvalue weighted by Gasteiger charge is 2.41. The van der Waals surface area contributed by atoms with Gasteiger partial charge in [-0.3, -0.25) is 0 Å². The molecule has 0 bridgehead atoms. The molecule has 17 aromatic carbocycles. The topological polar surface area (TPSA) is 24.1 Å². The molecular formula is C103H69N5Si. The molecule has 21 aromatic rings. The van der Waals surface area contributed by atoms with E-state index in [1.54, 1.807) is 0 Å². The van der Waals surface area contributed by atoms with Crippen molar-refractivity contribution in [3.05, 3.63) is 430 Å². The van der Waals surface area contributed by atoms with E-state index in [0.29, 0.717) is 5.69 Å². The van der Waals surface area contributed by atoms with Crippen molar-refractivity contribution < 1.29 is 0 Å². The second-order valence-corrected chi connectivity index (χ2v) is 32.0. The van der Waals surface area contributed by atoms with Gasteiger partial charge in [0.2, 0.25) is 0 Å². The molecule has 0 unspecified atom stereocenters. The zero-order valence-electron chi connectivity index (χ0n) is 59.6. The van der Waals surface area contributed by atoms with Gasteiger partial charge in [0.15, 0.2) is 13.8 Å². The Kier molecular flexibility index (Phi) is 15.9. The van der Waals surface area contributed by atoms with Gasteiger partial charge in [0, 0.05) is 65.8 Å². The molecule has 0 radical (unpaired) electrons. The monoisotopic (exact) mass is 1400 g/mol. The maximum absolute atomic E-state index is 7.53. The van der Waals surface area contributed by atoms with Gasteiger partial charge in [0.1, 0.15) is 0 Å². The highest BCUT2D eigenvalue weighted by atomic mass is 28.3. The molecule has 6 heteroatoms. The highest BCUT2D eigenvalue weighted by Crippen LogP contribution is 2.42. The Labute approximate surface area is 633 Å². The summed E-state index contributed by atoms with van der Waals surface area (Å²) in [5.74, 6) is 0. The molecule has 0 N–H and O–H groups in total. The normalized spacial score (nSPS) is 11.7. The molecule has 0 saturated heterocycles. The molecule has 0 saturated carbocycles. The molecule has 4 heterocycles. The Morgan fingerprint density at radius 1 is 0.174 bits per heavy atom. The SMILES string of the molecule is [C-]#[N+]c1cccc(-n2c3ccccc3c3cc(-c4ccc5c(c4)c4ccccc4n5-c4cccc(-c5ccccc5)c4)ccc32)c1.c1ccc(-c2cccc(-n3c4ccccc4c4cc(-c5ccc6c(c5)c5ccccc5n6-c5cccc([Si](c6ccccc6)(c6ccccc6)c6ccccc6)c5)ccc43)c2)cc1. The fourth-order valence-electron chi connectivity index (χ4n) is 17.3. The molecule has 0 aliphatic carbocycles. The van der Waals surface area contributed by atoms with Gasteiger partial charge in [-0.2, -0.15) is 0 Å². The van der Waals surface area contributed by atoms with Crippen LogP contribution in [-0.2, 0) is 0 Å². The Morgan fingerprint density at radius 3 is 0.761 bits per heavy atom. The summed E-state index contributed by atoms with van der Waals surface area (Å²) in [7, 11) is -2.73. The van der Waals surface area contributed by atoms with E-state index in [-0.39, 0.29) is 0 Å². The minimum absolute atomic E-state index is 0.638. The third kappa shape index (κ3) is 11.0. The molecule has 0 spiro atoms. The average Bonchev–Trinajstić information content (AvgIpc) is 1.29. The van der Waals surface area contributed by atoms with Crippen molar-refractivity contribution in [1.82, 2.24) is 18.3 Å². The third-order valence-electron chi connectivity index (χ3n) is 22.2. The Balaban J connectivity index is 0.000000150. The summed E-state index contributed by atoms with van der Waals surface area (Å²) >= 11 is 0. The minimum atomic E-state index is -2.73. The quantitative estimate of drug-likeness (QED) is 0.0661. The van der Waals surface area contributed by atoms with Crippen LogP contribution in [0.3, 0.4) is 0 Å². The largest absolute Gasteiger partial charge is 0.311 e. The van der Waals surface area contributed by atoms with E-state index >= 15 is 0 Å². The number of rotatable bonds is 12. The second-order valence-electron chi connectivity index (χ2n) is 28.2. The molecule has 4 aromatic heterocycles. The first-order valence-electron chi connectivity index (χ1n) is 37.2. The van der Waals surface area contributed by atoms with E-state index in [2.05, 4.69) is 423 Å².